The Hall–Kier alpha value is -0.760. The average molecular weight is 304 g/mol. The Balaban J connectivity index is 2.25. The molecule has 1 unspecified atom stereocenters. The first kappa shape index (κ1) is 11.7. The first-order valence-corrected chi connectivity index (χ1v) is 6.17. The molecule has 0 saturated carbocycles. The molecule has 0 aliphatic rings. The summed E-state index contributed by atoms with van der Waals surface area (Å²) in [7, 11) is 1.56. The molecule has 2 aromatic rings. The van der Waals surface area contributed by atoms with Gasteiger partial charge in [0.25, 0.3) is 5.89 Å². The number of aromatic nitrogens is 2. The molecule has 1 atom stereocenters. The van der Waals surface area contributed by atoms with Gasteiger partial charge in [0.15, 0.2) is 0 Å². The number of hydrogen-bond acceptors (Lipinski definition) is 6. The molecule has 2 rings (SSSR count). The molecule has 0 saturated heterocycles. The summed E-state index contributed by atoms with van der Waals surface area (Å²) in [5, 5.41) is 3.88. The van der Waals surface area contributed by atoms with Crippen LogP contribution in [0.1, 0.15) is 12.0 Å². The topological polar surface area (TPSA) is 74.2 Å². The highest BCUT2D eigenvalue weighted by Gasteiger charge is 2.18. The van der Waals surface area contributed by atoms with Crippen LogP contribution in [0, 0.1) is 0 Å². The van der Waals surface area contributed by atoms with E-state index < -0.39 is 0 Å². The molecule has 0 aromatic carbocycles. The number of nitrogens with two attached hydrogens (primary N) is 1. The monoisotopic (exact) mass is 303 g/mol. The maximum absolute atomic E-state index is 5.51. The van der Waals surface area contributed by atoms with Crippen molar-refractivity contribution in [3.8, 4) is 10.7 Å². The lowest BCUT2D eigenvalue weighted by atomic mass is 10.3. The van der Waals surface area contributed by atoms with Gasteiger partial charge < -0.3 is 15.0 Å². The quantitative estimate of drug-likeness (QED) is 0.937. The predicted octanol–water partition coefficient (Wildman–Crippen LogP) is 2.21. The van der Waals surface area contributed by atoms with Crippen LogP contribution in [0.15, 0.2) is 20.4 Å². The van der Waals surface area contributed by atoms with Crippen molar-refractivity contribution >= 4 is 27.3 Å². The number of rotatable bonds is 4. The van der Waals surface area contributed by atoms with Gasteiger partial charge in [-0.25, -0.2) is 0 Å². The van der Waals surface area contributed by atoms with Crippen molar-refractivity contribution in [1.82, 2.24) is 10.1 Å². The lowest BCUT2D eigenvalue weighted by Gasteiger charge is -2.05. The van der Waals surface area contributed by atoms with Crippen LogP contribution in [-0.2, 0) is 4.74 Å². The molecule has 0 fully saturated rings. The molecule has 0 aliphatic carbocycles. The summed E-state index contributed by atoms with van der Waals surface area (Å²) in [5.74, 6) is 0.964. The molecule has 86 valence electrons. The number of thiophene rings is 1. The second-order valence-electron chi connectivity index (χ2n) is 3.02. The summed E-state index contributed by atoms with van der Waals surface area (Å²) in [4.78, 5) is 5.18. The van der Waals surface area contributed by atoms with Gasteiger partial charge in [-0.2, -0.15) is 4.98 Å². The number of nitrogens with zero attached hydrogens (tertiary/aromatic N) is 2. The van der Waals surface area contributed by atoms with Crippen LogP contribution >= 0.6 is 27.3 Å². The molecular weight excluding hydrogens is 294 g/mol. The van der Waals surface area contributed by atoms with E-state index in [0.29, 0.717) is 18.3 Å². The number of hydrogen-bond donors (Lipinski definition) is 1. The first-order valence-electron chi connectivity index (χ1n) is 4.56. The van der Waals surface area contributed by atoms with Gasteiger partial charge in [-0.05, 0) is 28.1 Å². The third-order valence-electron chi connectivity index (χ3n) is 2.01. The van der Waals surface area contributed by atoms with E-state index in [1.54, 1.807) is 18.4 Å². The van der Waals surface area contributed by atoms with Gasteiger partial charge in [0, 0.05) is 13.7 Å². The Morgan fingerprint density at radius 3 is 3.00 bits per heavy atom. The fraction of sp³-hybridized carbons (Fsp3) is 0.333. The molecule has 0 aliphatic heterocycles. The number of halogens is 1. The Kier molecular flexibility index (Phi) is 3.70. The van der Waals surface area contributed by atoms with Gasteiger partial charge in [-0.1, -0.05) is 5.16 Å². The largest absolute Gasteiger partial charge is 0.370 e. The third-order valence-corrected chi connectivity index (χ3v) is 3.63. The zero-order chi connectivity index (χ0) is 11.5. The van der Waals surface area contributed by atoms with Gasteiger partial charge in [0.1, 0.15) is 6.10 Å². The van der Waals surface area contributed by atoms with Crippen molar-refractivity contribution in [3.05, 3.63) is 21.8 Å². The second-order valence-corrected chi connectivity index (χ2v) is 5.48. The Labute approximate surface area is 105 Å². The van der Waals surface area contributed by atoms with E-state index in [1.165, 1.54) is 0 Å². The highest BCUT2D eigenvalue weighted by Crippen LogP contribution is 2.30. The standard InChI is InChI=1S/C9H10BrN3O2S/c1-14-5(4-11)9-12-8(13-15-9)6-2-3-7(10)16-6/h2-3,5H,4,11H2,1H3. The van der Waals surface area contributed by atoms with Crippen LogP contribution in [0.25, 0.3) is 10.7 Å². The highest BCUT2D eigenvalue weighted by molar-refractivity contribution is 9.11. The number of methoxy groups -OCH3 is 1. The summed E-state index contributed by atoms with van der Waals surface area (Å²) < 4.78 is 11.2. The maximum Gasteiger partial charge on any atom is 0.257 e. The molecular formula is C9H10BrN3O2S. The van der Waals surface area contributed by atoms with E-state index >= 15 is 0 Å². The average Bonchev–Trinajstić information content (AvgIpc) is 2.89. The molecule has 0 amide bonds. The molecule has 16 heavy (non-hydrogen) atoms. The normalized spacial score (nSPS) is 12.9. The SMILES string of the molecule is COC(CN)c1nc(-c2ccc(Br)s2)no1. The smallest absolute Gasteiger partial charge is 0.257 e. The van der Waals surface area contributed by atoms with Gasteiger partial charge in [0.05, 0.1) is 8.66 Å². The molecule has 2 aromatic heterocycles. The lowest BCUT2D eigenvalue weighted by Crippen LogP contribution is -2.14. The zero-order valence-electron chi connectivity index (χ0n) is 8.51. The fourth-order valence-corrected chi connectivity index (χ4v) is 2.51. The van der Waals surface area contributed by atoms with Gasteiger partial charge in [-0.15, -0.1) is 11.3 Å². The minimum Gasteiger partial charge on any atom is -0.370 e. The van der Waals surface area contributed by atoms with Gasteiger partial charge in [-0.3, -0.25) is 0 Å². The van der Waals surface area contributed by atoms with Crippen LogP contribution in [0.5, 0.6) is 0 Å². The van der Waals surface area contributed by atoms with E-state index in [0.717, 1.165) is 8.66 Å². The van der Waals surface area contributed by atoms with Crippen LogP contribution < -0.4 is 5.73 Å². The Morgan fingerprint density at radius 2 is 2.44 bits per heavy atom. The molecule has 5 nitrogen and oxygen atoms in total. The first-order chi connectivity index (χ1) is 7.74. The molecule has 2 N–H and O–H groups in total. The maximum atomic E-state index is 5.51. The van der Waals surface area contributed by atoms with E-state index in [2.05, 4.69) is 26.1 Å². The van der Waals surface area contributed by atoms with Crippen molar-refractivity contribution in [2.24, 2.45) is 5.73 Å². The molecule has 7 heteroatoms. The van der Waals surface area contributed by atoms with E-state index in [9.17, 15) is 0 Å². The van der Waals surface area contributed by atoms with Crippen LogP contribution in [0.4, 0.5) is 0 Å². The minimum atomic E-state index is -0.343. The molecule has 0 spiro atoms. The summed E-state index contributed by atoms with van der Waals surface area (Å²) in [6.07, 6.45) is -0.343. The van der Waals surface area contributed by atoms with Gasteiger partial charge >= 0.3 is 0 Å². The van der Waals surface area contributed by atoms with Crippen molar-refractivity contribution in [2.75, 3.05) is 13.7 Å². The summed E-state index contributed by atoms with van der Waals surface area (Å²) in [6.45, 7) is 0.312. The van der Waals surface area contributed by atoms with Crippen molar-refractivity contribution < 1.29 is 9.26 Å². The number of ether oxygens (including phenoxy) is 1. The third kappa shape index (κ3) is 2.32. The van der Waals surface area contributed by atoms with Crippen LogP contribution in [0.3, 0.4) is 0 Å². The lowest BCUT2D eigenvalue weighted by molar-refractivity contribution is 0.0804. The molecule has 0 radical (unpaired) electrons. The van der Waals surface area contributed by atoms with Crippen LogP contribution in [0.2, 0.25) is 0 Å². The minimum absolute atomic E-state index is 0.312. The summed E-state index contributed by atoms with van der Waals surface area (Å²) >= 11 is 4.92. The van der Waals surface area contributed by atoms with Crippen molar-refractivity contribution in [1.29, 1.82) is 0 Å². The van der Waals surface area contributed by atoms with E-state index in [1.807, 2.05) is 12.1 Å². The van der Waals surface area contributed by atoms with E-state index in [-0.39, 0.29) is 6.10 Å². The second kappa shape index (κ2) is 5.05. The van der Waals surface area contributed by atoms with Gasteiger partial charge in [0.2, 0.25) is 5.82 Å². The van der Waals surface area contributed by atoms with Crippen molar-refractivity contribution in [2.45, 2.75) is 6.10 Å². The van der Waals surface area contributed by atoms with Crippen molar-refractivity contribution in [3.63, 3.8) is 0 Å². The zero-order valence-corrected chi connectivity index (χ0v) is 10.9. The highest BCUT2D eigenvalue weighted by atomic mass is 79.9. The molecule has 0 bridgehead atoms. The Morgan fingerprint density at radius 1 is 1.62 bits per heavy atom. The predicted molar refractivity (Wildman–Crippen MR) is 64.1 cm³/mol. The molecule has 2 heterocycles. The Bertz CT molecular complexity index is 467. The fourth-order valence-electron chi connectivity index (χ4n) is 1.20. The van der Waals surface area contributed by atoms with E-state index in [4.69, 9.17) is 15.0 Å². The summed E-state index contributed by atoms with van der Waals surface area (Å²) in [6, 6.07) is 3.86. The summed E-state index contributed by atoms with van der Waals surface area (Å²) in [5.41, 5.74) is 5.51. The van der Waals surface area contributed by atoms with Crippen LogP contribution in [-0.4, -0.2) is 23.8 Å².